The van der Waals surface area contributed by atoms with Crippen molar-refractivity contribution in [3.05, 3.63) is 54.6 Å². The third-order valence-corrected chi connectivity index (χ3v) is 2.21. The van der Waals surface area contributed by atoms with Gasteiger partial charge in [-0.3, -0.25) is 0 Å². The average Bonchev–Trinajstić information content (AvgIpc) is 2.35. The van der Waals surface area contributed by atoms with E-state index in [1.54, 1.807) is 26.4 Å². The van der Waals surface area contributed by atoms with Crippen LogP contribution in [0.4, 0.5) is 0 Å². The Kier molecular flexibility index (Phi) is 4.40. The lowest BCUT2D eigenvalue weighted by atomic mass is 10.1. The van der Waals surface area contributed by atoms with Crippen molar-refractivity contribution in [1.29, 1.82) is 0 Å². The van der Waals surface area contributed by atoms with Gasteiger partial charge in [-0.15, -0.1) is 0 Å². The smallest absolute Gasteiger partial charge is 0.161 e. The number of hydrogen-bond acceptors (Lipinski definition) is 2. The molecular formula is C14H16O2. The zero-order valence-electron chi connectivity index (χ0n) is 9.69. The molecule has 0 unspecified atom stereocenters. The van der Waals surface area contributed by atoms with E-state index in [1.165, 1.54) is 0 Å². The zero-order chi connectivity index (χ0) is 12.0. The highest BCUT2D eigenvalue weighted by Gasteiger charge is 2.02. The van der Waals surface area contributed by atoms with Gasteiger partial charge in [0.25, 0.3) is 0 Å². The molecule has 0 aliphatic heterocycles. The Hall–Kier alpha value is -1.96. The molecule has 0 spiro atoms. The molecule has 16 heavy (non-hydrogen) atoms. The van der Waals surface area contributed by atoms with Crippen molar-refractivity contribution in [3.63, 3.8) is 0 Å². The van der Waals surface area contributed by atoms with Gasteiger partial charge >= 0.3 is 0 Å². The van der Waals surface area contributed by atoms with Crippen LogP contribution in [0.15, 0.2) is 49.1 Å². The minimum absolute atomic E-state index is 0.712. The quantitative estimate of drug-likeness (QED) is 0.702. The molecule has 84 valence electrons. The Morgan fingerprint density at radius 1 is 1.06 bits per heavy atom. The Labute approximate surface area is 96.5 Å². The van der Waals surface area contributed by atoms with Crippen molar-refractivity contribution < 1.29 is 9.47 Å². The van der Waals surface area contributed by atoms with E-state index in [4.69, 9.17) is 9.47 Å². The van der Waals surface area contributed by atoms with E-state index in [2.05, 4.69) is 13.2 Å². The van der Waals surface area contributed by atoms with Crippen LogP contribution in [0.3, 0.4) is 0 Å². The average molecular weight is 216 g/mol. The van der Waals surface area contributed by atoms with Gasteiger partial charge in [0, 0.05) is 0 Å². The first-order valence-electron chi connectivity index (χ1n) is 4.93. The Bertz CT molecular complexity index is 407. The maximum absolute atomic E-state index is 5.22. The highest BCUT2D eigenvalue weighted by molar-refractivity contribution is 5.62. The van der Waals surface area contributed by atoms with Crippen molar-refractivity contribution >= 4 is 6.08 Å². The molecule has 0 radical (unpaired) electrons. The summed E-state index contributed by atoms with van der Waals surface area (Å²) < 4.78 is 10.4. The van der Waals surface area contributed by atoms with E-state index in [9.17, 15) is 0 Å². The number of methoxy groups -OCH3 is 2. The van der Waals surface area contributed by atoms with Gasteiger partial charge in [0.1, 0.15) is 0 Å². The van der Waals surface area contributed by atoms with E-state index in [1.807, 2.05) is 24.3 Å². The van der Waals surface area contributed by atoms with Crippen molar-refractivity contribution in [1.82, 2.24) is 0 Å². The summed E-state index contributed by atoms with van der Waals surface area (Å²) in [5, 5.41) is 0. The second kappa shape index (κ2) is 5.81. The van der Waals surface area contributed by atoms with Crippen LogP contribution in [0.1, 0.15) is 5.56 Å². The van der Waals surface area contributed by atoms with Crippen LogP contribution in [0.25, 0.3) is 6.08 Å². The van der Waals surface area contributed by atoms with Crippen LogP contribution in [-0.2, 0) is 0 Å². The van der Waals surface area contributed by atoms with Crippen LogP contribution in [-0.4, -0.2) is 14.2 Å². The summed E-state index contributed by atoms with van der Waals surface area (Å²) in [6.45, 7) is 7.42. The van der Waals surface area contributed by atoms with Gasteiger partial charge in [0.15, 0.2) is 11.5 Å². The normalized spacial score (nSPS) is 9.12. The standard InChI is InChI=1S/C14H16O2/c1-5-11(6-2)9-12-7-8-13(15-3)14(10-12)16-4/h5-10H,1-2H2,3-4H3. The Morgan fingerprint density at radius 3 is 2.19 bits per heavy atom. The van der Waals surface area contributed by atoms with Gasteiger partial charge in [0.05, 0.1) is 14.2 Å². The van der Waals surface area contributed by atoms with Gasteiger partial charge in [-0.1, -0.05) is 31.4 Å². The molecule has 2 heteroatoms. The number of hydrogen-bond donors (Lipinski definition) is 0. The van der Waals surface area contributed by atoms with Crippen LogP contribution in [0, 0.1) is 0 Å². The molecular weight excluding hydrogens is 200 g/mol. The van der Waals surface area contributed by atoms with E-state index >= 15 is 0 Å². The lowest BCUT2D eigenvalue weighted by Crippen LogP contribution is -1.90. The lowest BCUT2D eigenvalue weighted by molar-refractivity contribution is 0.355. The van der Waals surface area contributed by atoms with Gasteiger partial charge in [0.2, 0.25) is 0 Å². The molecule has 0 N–H and O–H groups in total. The molecule has 1 aromatic carbocycles. The predicted octanol–water partition coefficient (Wildman–Crippen LogP) is 3.46. The summed E-state index contributed by atoms with van der Waals surface area (Å²) in [7, 11) is 3.24. The van der Waals surface area contributed by atoms with Crippen molar-refractivity contribution in [2.75, 3.05) is 14.2 Å². The minimum atomic E-state index is 0.712. The topological polar surface area (TPSA) is 18.5 Å². The van der Waals surface area contributed by atoms with Crippen LogP contribution >= 0.6 is 0 Å². The fraction of sp³-hybridized carbons (Fsp3) is 0.143. The fourth-order valence-electron chi connectivity index (χ4n) is 1.34. The van der Waals surface area contributed by atoms with Crippen LogP contribution < -0.4 is 9.47 Å². The van der Waals surface area contributed by atoms with E-state index in [-0.39, 0.29) is 0 Å². The van der Waals surface area contributed by atoms with Crippen molar-refractivity contribution in [2.24, 2.45) is 0 Å². The number of allylic oxidation sites excluding steroid dienone is 3. The lowest BCUT2D eigenvalue weighted by Gasteiger charge is -2.07. The zero-order valence-corrected chi connectivity index (χ0v) is 9.69. The molecule has 0 aliphatic carbocycles. The summed E-state index contributed by atoms with van der Waals surface area (Å²) in [6.07, 6.45) is 5.48. The molecule has 0 bridgehead atoms. The number of rotatable bonds is 5. The molecule has 0 aliphatic rings. The van der Waals surface area contributed by atoms with E-state index in [0.29, 0.717) is 5.75 Å². The summed E-state index contributed by atoms with van der Waals surface area (Å²) in [5.41, 5.74) is 1.99. The molecule has 2 nitrogen and oxygen atoms in total. The van der Waals surface area contributed by atoms with Gasteiger partial charge in [-0.2, -0.15) is 0 Å². The van der Waals surface area contributed by atoms with E-state index in [0.717, 1.165) is 16.9 Å². The van der Waals surface area contributed by atoms with Crippen molar-refractivity contribution in [3.8, 4) is 11.5 Å². The molecule has 0 saturated carbocycles. The summed E-state index contributed by atoms with van der Waals surface area (Å²) >= 11 is 0. The highest BCUT2D eigenvalue weighted by atomic mass is 16.5. The number of benzene rings is 1. The molecule has 0 atom stereocenters. The highest BCUT2D eigenvalue weighted by Crippen LogP contribution is 2.28. The second-order valence-electron chi connectivity index (χ2n) is 3.17. The monoisotopic (exact) mass is 216 g/mol. The molecule has 0 saturated heterocycles. The maximum Gasteiger partial charge on any atom is 0.161 e. The second-order valence-corrected chi connectivity index (χ2v) is 3.17. The SMILES string of the molecule is C=CC(C=C)=Cc1ccc(OC)c(OC)c1. The molecule has 1 rings (SSSR count). The third-order valence-electron chi connectivity index (χ3n) is 2.21. The Morgan fingerprint density at radius 2 is 1.69 bits per heavy atom. The molecule has 0 fully saturated rings. The van der Waals surface area contributed by atoms with Crippen molar-refractivity contribution in [2.45, 2.75) is 0 Å². The Balaban J connectivity index is 3.12. The maximum atomic E-state index is 5.22. The summed E-state index contributed by atoms with van der Waals surface area (Å²) in [4.78, 5) is 0. The minimum Gasteiger partial charge on any atom is -0.493 e. The summed E-state index contributed by atoms with van der Waals surface area (Å²) in [6, 6.07) is 5.73. The molecule has 1 aromatic rings. The molecule has 0 amide bonds. The largest absolute Gasteiger partial charge is 0.493 e. The summed E-state index contributed by atoms with van der Waals surface area (Å²) in [5.74, 6) is 1.43. The fourth-order valence-corrected chi connectivity index (χ4v) is 1.34. The van der Waals surface area contributed by atoms with Gasteiger partial charge in [-0.05, 0) is 29.3 Å². The van der Waals surface area contributed by atoms with E-state index < -0.39 is 0 Å². The first-order valence-corrected chi connectivity index (χ1v) is 4.93. The first kappa shape index (κ1) is 12.1. The van der Waals surface area contributed by atoms with Crippen LogP contribution in [0.5, 0.6) is 11.5 Å². The first-order chi connectivity index (χ1) is 7.74. The number of ether oxygens (including phenoxy) is 2. The molecule has 0 aromatic heterocycles. The van der Waals surface area contributed by atoms with Crippen LogP contribution in [0.2, 0.25) is 0 Å². The van der Waals surface area contributed by atoms with Gasteiger partial charge in [-0.25, -0.2) is 0 Å². The molecule has 0 heterocycles. The predicted molar refractivity (Wildman–Crippen MR) is 67.9 cm³/mol. The third kappa shape index (κ3) is 2.76. The van der Waals surface area contributed by atoms with Gasteiger partial charge < -0.3 is 9.47 Å².